The lowest BCUT2D eigenvalue weighted by Gasteiger charge is -2.30. The topological polar surface area (TPSA) is 81.5 Å². The first-order valence-electron chi connectivity index (χ1n) is 10.5. The van der Waals surface area contributed by atoms with Crippen LogP contribution in [-0.4, -0.2) is 36.5 Å². The number of nitrogens with zero attached hydrogens (tertiary/aromatic N) is 2. The highest BCUT2D eigenvalue weighted by Gasteiger charge is 2.62. The minimum Gasteiger partial charge on any atom is -0.482 e. The summed E-state index contributed by atoms with van der Waals surface area (Å²) in [5.74, 6) is -0.116. The molecule has 0 radical (unpaired) electrons. The van der Waals surface area contributed by atoms with E-state index in [1.54, 1.807) is 19.9 Å². The zero-order valence-electron chi connectivity index (χ0n) is 19.1. The lowest BCUT2D eigenvalue weighted by atomic mass is 9.86. The van der Waals surface area contributed by atoms with Crippen molar-refractivity contribution < 1.29 is 32.4 Å². The van der Waals surface area contributed by atoms with Crippen molar-refractivity contribution in [2.75, 3.05) is 7.11 Å². The zero-order chi connectivity index (χ0) is 26.5. The Labute approximate surface area is 219 Å². The van der Waals surface area contributed by atoms with E-state index in [0.29, 0.717) is 22.6 Å². The van der Waals surface area contributed by atoms with Crippen LogP contribution in [0.2, 0.25) is 15.1 Å². The Bertz CT molecular complexity index is 1280. The number of halogens is 6. The molecule has 0 aliphatic carbocycles. The number of ether oxygens (including phenoxy) is 1. The summed E-state index contributed by atoms with van der Waals surface area (Å²) in [6, 6.07) is 6.66. The molecule has 1 amide bonds. The molecule has 0 spiro atoms. The van der Waals surface area contributed by atoms with Crippen LogP contribution in [-0.2, 0) is 20.0 Å². The maximum Gasteiger partial charge on any atom is 0.435 e. The van der Waals surface area contributed by atoms with Gasteiger partial charge < -0.3 is 19.7 Å². The van der Waals surface area contributed by atoms with Gasteiger partial charge in [-0.2, -0.15) is 13.2 Å². The first kappa shape index (κ1) is 26.4. The van der Waals surface area contributed by atoms with Crippen LogP contribution < -0.4 is 5.32 Å². The van der Waals surface area contributed by atoms with Crippen molar-refractivity contribution in [1.29, 1.82) is 0 Å². The highest BCUT2D eigenvalue weighted by molar-refractivity contribution is 6.48. The fourth-order valence-corrected chi connectivity index (χ4v) is 4.53. The van der Waals surface area contributed by atoms with Gasteiger partial charge in [-0.1, -0.05) is 46.0 Å². The number of benzene rings is 2. The molecule has 0 fully saturated rings. The molecule has 0 aromatic heterocycles. The van der Waals surface area contributed by atoms with Crippen molar-refractivity contribution >= 4 is 52.3 Å². The zero-order valence-corrected chi connectivity index (χ0v) is 21.4. The second-order valence-electron chi connectivity index (χ2n) is 8.56. The van der Waals surface area contributed by atoms with Gasteiger partial charge in [0.15, 0.2) is 0 Å². The number of aryl methyl sites for hydroxylation is 1. The minimum absolute atomic E-state index is 0.0359. The van der Waals surface area contributed by atoms with E-state index in [0.717, 1.165) is 12.1 Å². The molecule has 36 heavy (non-hydrogen) atoms. The molecule has 0 saturated heterocycles. The summed E-state index contributed by atoms with van der Waals surface area (Å²) in [7, 11) is 1.44. The van der Waals surface area contributed by atoms with Gasteiger partial charge in [0, 0.05) is 17.5 Å². The predicted octanol–water partition coefficient (Wildman–Crippen LogP) is 6.36. The van der Waals surface area contributed by atoms with Crippen molar-refractivity contribution in [3.63, 3.8) is 0 Å². The number of amides is 1. The van der Waals surface area contributed by atoms with E-state index in [2.05, 4.69) is 15.6 Å². The quantitative estimate of drug-likeness (QED) is 0.438. The molecule has 2 aliphatic rings. The fourth-order valence-electron chi connectivity index (χ4n) is 3.93. The van der Waals surface area contributed by atoms with E-state index >= 15 is 0 Å². The van der Waals surface area contributed by atoms with Gasteiger partial charge in [0.25, 0.3) is 11.5 Å². The second-order valence-corrected chi connectivity index (χ2v) is 9.75. The van der Waals surface area contributed by atoms with Crippen LogP contribution in [0.3, 0.4) is 0 Å². The molecule has 2 aromatic carbocycles. The van der Waals surface area contributed by atoms with E-state index < -0.39 is 29.8 Å². The molecule has 2 aliphatic heterocycles. The number of carbonyl (C=O) groups excluding carboxylic acids is 1. The maximum atomic E-state index is 14.3. The number of carbonyl (C=O) groups is 1. The smallest absolute Gasteiger partial charge is 0.435 e. The fraction of sp³-hybridized carbons (Fsp3) is 0.348. The summed E-state index contributed by atoms with van der Waals surface area (Å²) in [6.07, 6.45) is -5.26. The van der Waals surface area contributed by atoms with E-state index in [9.17, 15) is 18.0 Å². The van der Waals surface area contributed by atoms with Crippen molar-refractivity contribution in [2.24, 2.45) is 10.3 Å². The van der Waals surface area contributed by atoms with Crippen LogP contribution >= 0.6 is 34.8 Å². The van der Waals surface area contributed by atoms with Crippen molar-refractivity contribution in [3.05, 3.63) is 67.7 Å². The Kier molecular flexibility index (Phi) is 6.83. The molecule has 0 bridgehead atoms. The average Bonchev–Trinajstić information content (AvgIpc) is 3.42. The van der Waals surface area contributed by atoms with Crippen LogP contribution in [0.25, 0.3) is 0 Å². The molecule has 2 atom stereocenters. The van der Waals surface area contributed by atoms with Crippen LogP contribution in [0.1, 0.15) is 46.8 Å². The average molecular weight is 565 g/mol. The Balaban J connectivity index is 1.58. The lowest BCUT2D eigenvalue weighted by molar-refractivity contribution is -0.275. The third-order valence-corrected chi connectivity index (χ3v) is 7.09. The van der Waals surface area contributed by atoms with E-state index in [1.165, 1.54) is 19.2 Å². The Morgan fingerprint density at radius 3 is 2.31 bits per heavy atom. The maximum absolute atomic E-state index is 14.3. The molecular weight excluding hydrogens is 546 g/mol. The molecule has 13 heteroatoms. The first-order valence-corrected chi connectivity index (χ1v) is 11.6. The number of nitrogens with one attached hydrogen (secondary N) is 1. The number of alkyl halides is 3. The van der Waals surface area contributed by atoms with Gasteiger partial charge in [-0.15, -0.1) is 0 Å². The van der Waals surface area contributed by atoms with Crippen LogP contribution in [0.4, 0.5) is 13.2 Å². The second kappa shape index (κ2) is 9.32. The van der Waals surface area contributed by atoms with Gasteiger partial charge >= 0.3 is 6.18 Å². The highest BCUT2D eigenvalue weighted by Crippen LogP contribution is 2.50. The van der Waals surface area contributed by atoms with Gasteiger partial charge in [0.2, 0.25) is 11.6 Å². The Hall–Kier alpha value is -2.69. The largest absolute Gasteiger partial charge is 0.482 e. The third kappa shape index (κ3) is 4.69. The number of hydrogen-bond acceptors (Lipinski definition) is 6. The molecule has 0 saturated carbocycles. The summed E-state index contributed by atoms with van der Waals surface area (Å²) in [6.45, 7) is 3.29. The van der Waals surface area contributed by atoms with Gasteiger partial charge in [-0.05, 0) is 54.4 Å². The van der Waals surface area contributed by atoms with Gasteiger partial charge in [-0.3, -0.25) is 4.79 Å². The van der Waals surface area contributed by atoms with Gasteiger partial charge in [0.1, 0.15) is 0 Å². The highest BCUT2D eigenvalue weighted by atomic mass is 35.5. The number of methoxy groups -OCH3 is 1. The molecule has 192 valence electrons. The molecule has 1 N–H and O–H groups in total. The molecule has 1 unspecified atom stereocenters. The van der Waals surface area contributed by atoms with Crippen molar-refractivity contribution in [1.82, 2.24) is 5.32 Å². The Morgan fingerprint density at radius 1 is 1.08 bits per heavy atom. The van der Waals surface area contributed by atoms with E-state index in [4.69, 9.17) is 49.2 Å². The molecule has 4 rings (SSSR count). The number of rotatable bonds is 4. The van der Waals surface area contributed by atoms with Crippen molar-refractivity contribution in [2.45, 2.75) is 44.2 Å². The van der Waals surface area contributed by atoms with Crippen LogP contribution in [0.5, 0.6) is 0 Å². The van der Waals surface area contributed by atoms with Crippen LogP contribution in [0, 0.1) is 6.92 Å². The summed E-state index contributed by atoms with van der Waals surface area (Å²) in [5, 5.41) is 9.88. The van der Waals surface area contributed by atoms with Crippen LogP contribution in [0.15, 0.2) is 40.6 Å². The number of oxime groups is 2. The SMILES string of the molecule is COC1=NO[C@](C)(NC(=O)c2ccc(C3=NOC(c4cc(Cl)c(Cl)c(Cl)c4)(C(F)(F)F)C3)cc2C)C1. The minimum atomic E-state index is -4.85. The standard InChI is InChI=1S/C23H19Cl3F3N3O4/c1-11-6-12(4-5-14(11)20(33)30-21(2)10-18(34-3)32-35-21)17-9-22(36-31-17,23(27,28)29)13-7-15(24)19(26)16(25)8-13/h4-8H,9-10H2,1-3H3,(H,30,33)/t21-,22?/m0/s1. The molecular formula is C23H19Cl3F3N3O4. The summed E-state index contributed by atoms with van der Waals surface area (Å²) in [5.41, 5.74) is -3.04. The predicted molar refractivity (Wildman–Crippen MR) is 129 cm³/mol. The molecule has 2 heterocycles. The Morgan fingerprint density at radius 2 is 1.75 bits per heavy atom. The summed E-state index contributed by atoms with van der Waals surface area (Å²) < 4.78 is 47.9. The van der Waals surface area contributed by atoms with E-state index in [1.807, 2.05) is 0 Å². The van der Waals surface area contributed by atoms with Crippen molar-refractivity contribution in [3.8, 4) is 0 Å². The normalized spacial score (nSPS) is 23.5. The summed E-state index contributed by atoms with van der Waals surface area (Å²) >= 11 is 17.9. The lowest BCUT2D eigenvalue weighted by Crippen LogP contribution is -2.46. The molecule has 2 aromatic rings. The third-order valence-electron chi connectivity index (χ3n) is 5.89. The molecule has 7 nitrogen and oxygen atoms in total. The van der Waals surface area contributed by atoms with E-state index in [-0.39, 0.29) is 32.8 Å². The van der Waals surface area contributed by atoms with Gasteiger partial charge in [-0.25, -0.2) is 0 Å². The van der Waals surface area contributed by atoms with Gasteiger partial charge in [0.05, 0.1) is 34.3 Å². The summed E-state index contributed by atoms with van der Waals surface area (Å²) in [4.78, 5) is 23.1. The monoisotopic (exact) mass is 563 g/mol. The first-order chi connectivity index (χ1) is 16.8. The number of hydrogen-bond donors (Lipinski definition) is 1.